The van der Waals surface area contributed by atoms with Crippen LogP contribution in [-0.2, 0) is 9.59 Å². The van der Waals surface area contributed by atoms with E-state index in [0.29, 0.717) is 6.54 Å². The topological polar surface area (TPSA) is 69.6 Å². The van der Waals surface area contributed by atoms with Crippen molar-refractivity contribution in [1.82, 2.24) is 10.2 Å². The van der Waals surface area contributed by atoms with Crippen LogP contribution in [0.2, 0.25) is 0 Å². The third-order valence-electron chi connectivity index (χ3n) is 4.72. The summed E-state index contributed by atoms with van der Waals surface area (Å²) >= 11 is 0. The van der Waals surface area contributed by atoms with Crippen molar-refractivity contribution in [3.63, 3.8) is 0 Å². The maximum absolute atomic E-state index is 12.6. The molecule has 0 saturated carbocycles. The summed E-state index contributed by atoms with van der Waals surface area (Å²) in [7, 11) is 0. The van der Waals surface area contributed by atoms with Crippen LogP contribution in [0.5, 0.6) is 0 Å². The number of nitrogens with one attached hydrogen (secondary N) is 1. The Bertz CT molecular complexity index is 354. The Hall–Kier alpha value is -1.10. The molecule has 2 unspecified atom stereocenters. The van der Waals surface area contributed by atoms with Gasteiger partial charge in [0.05, 0.1) is 12.3 Å². The molecule has 1 amide bonds. The molecule has 0 spiro atoms. The summed E-state index contributed by atoms with van der Waals surface area (Å²) in [5.74, 6) is -0.972. The lowest BCUT2D eigenvalue weighted by Gasteiger charge is -2.32. The second-order valence-corrected chi connectivity index (χ2v) is 6.66. The highest BCUT2D eigenvalue weighted by molar-refractivity contribution is 5.80. The Kier molecular flexibility index (Phi) is 9.92. The first-order chi connectivity index (χ1) is 11.1. The molecule has 5 nitrogen and oxygen atoms in total. The van der Waals surface area contributed by atoms with Crippen LogP contribution in [0.15, 0.2) is 0 Å². The van der Waals surface area contributed by atoms with Crippen molar-refractivity contribution in [3.05, 3.63) is 0 Å². The van der Waals surface area contributed by atoms with Crippen molar-refractivity contribution >= 4 is 11.9 Å². The fourth-order valence-corrected chi connectivity index (χ4v) is 3.48. The number of rotatable bonds is 12. The van der Waals surface area contributed by atoms with Gasteiger partial charge in [0.15, 0.2) is 0 Å². The van der Waals surface area contributed by atoms with Crippen molar-refractivity contribution in [2.45, 2.75) is 77.7 Å². The zero-order chi connectivity index (χ0) is 17.1. The first-order valence-electron chi connectivity index (χ1n) is 9.33. The number of hydrogen-bond acceptors (Lipinski definition) is 3. The predicted molar refractivity (Wildman–Crippen MR) is 92.4 cm³/mol. The third kappa shape index (κ3) is 7.34. The van der Waals surface area contributed by atoms with Crippen molar-refractivity contribution in [2.75, 3.05) is 19.6 Å². The highest BCUT2D eigenvalue weighted by atomic mass is 16.4. The number of carbonyl (C=O) groups excluding carboxylic acids is 1. The van der Waals surface area contributed by atoms with Gasteiger partial charge in [-0.25, -0.2) is 0 Å². The maximum atomic E-state index is 12.6. The average molecular weight is 326 g/mol. The van der Waals surface area contributed by atoms with Gasteiger partial charge in [-0.05, 0) is 38.8 Å². The molecule has 1 aliphatic heterocycles. The summed E-state index contributed by atoms with van der Waals surface area (Å²) in [5.41, 5.74) is 0. The van der Waals surface area contributed by atoms with Gasteiger partial charge in [-0.1, -0.05) is 39.5 Å². The van der Waals surface area contributed by atoms with Crippen molar-refractivity contribution in [2.24, 2.45) is 5.92 Å². The summed E-state index contributed by atoms with van der Waals surface area (Å²) in [4.78, 5) is 26.1. The molecule has 2 N–H and O–H groups in total. The van der Waals surface area contributed by atoms with Gasteiger partial charge < -0.3 is 10.4 Å². The molecule has 0 aromatic carbocycles. The molecule has 1 aliphatic rings. The van der Waals surface area contributed by atoms with Crippen LogP contribution < -0.4 is 5.32 Å². The van der Waals surface area contributed by atoms with Gasteiger partial charge >= 0.3 is 5.97 Å². The zero-order valence-corrected chi connectivity index (χ0v) is 14.9. The van der Waals surface area contributed by atoms with Crippen LogP contribution >= 0.6 is 0 Å². The SMILES string of the molecule is CCCCCCNC(=O)C(CCC)C(CC(=O)O)N1CCCC1. The normalized spacial score (nSPS) is 17.8. The van der Waals surface area contributed by atoms with E-state index in [-0.39, 0.29) is 24.3 Å². The minimum atomic E-state index is -0.807. The minimum Gasteiger partial charge on any atom is -0.481 e. The van der Waals surface area contributed by atoms with Crippen LogP contribution in [0.1, 0.15) is 71.6 Å². The fourth-order valence-electron chi connectivity index (χ4n) is 3.48. The maximum Gasteiger partial charge on any atom is 0.304 e. The summed E-state index contributed by atoms with van der Waals surface area (Å²) in [6.07, 6.45) is 8.46. The quantitative estimate of drug-likeness (QED) is 0.541. The highest BCUT2D eigenvalue weighted by Crippen LogP contribution is 2.24. The lowest BCUT2D eigenvalue weighted by molar-refractivity contribution is -0.139. The van der Waals surface area contributed by atoms with Gasteiger partial charge in [0.25, 0.3) is 0 Å². The lowest BCUT2D eigenvalue weighted by Crippen LogP contribution is -2.47. The van der Waals surface area contributed by atoms with Gasteiger partial charge in [-0.3, -0.25) is 14.5 Å². The summed E-state index contributed by atoms with van der Waals surface area (Å²) in [6, 6.07) is -0.161. The summed E-state index contributed by atoms with van der Waals surface area (Å²) < 4.78 is 0. The highest BCUT2D eigenvalue weighted by Gasteiger charge is 2.34. The Balaban J connectivity index is 2.62. The van der Waals surface area contributed by atoms with Gasteiger partial charge in [0, 0.05) is 12.6 Å². The van der Waals surface area contributed by atoms with E-state index in [0.717, 1.165) is 51.6 Å². The molecule has 1 rings (SSSR count). The minimum absolute atomic E-state index is 0.0431. The van der Waals surface area contributed by atoms with Gasteiger partial charge in [-0.15, -0.1) is 0 Å². The van der Waals surface area contributed by atoms with Gasteiger partial charge in [0.2, 0.25) is 5.91 Å². The Morgan fingerprint density at radius 1 is 1.09 bits per heavy atom. The number of unbranched alkanes of at least 4 members (excludes halogenated alkanes) is 3. The second-order valence-electron chi connectivity index (χ2n) is 6.66. The lowest BCUT2D eigenvalue weighted by atomic mass is 9.90. The number of nitrogens with zero attached hydrogens (tertiary/aromatic N) is 1. The van der Waals surface area contributed by atoms with E-state index in [9.17, 15) is 14.7 Å². The van der Waals surface area contributed by atoms with Crippen LogP contribution in [-0.4, -0.2) is 47.6 Å². The van der Waals surface area contributed by atoms with Crippen LogP contribution in [0, 0.1) is 5.92 Å². The Labute approximate surface area is 140 Å². The van der Waals surface area contributed by atoms with Crippen LogP contribution in [0.3, 0.4) is 0 Å². The van der Waals surface area contributed by atoms with Crippen molar-refractivity contribution in [1.29, 1.82) is 0 Å². The fraction of sp³-hybridized carbons (Fsp3) is 0.889. The van der Waals surface area contributed by atoms with Crippen molar-refractivity contribution in [3.8, 4) is 0 Å². The van der Waals surface area contributed by atoms with Gasteiger partial charge in [0.1, 0.15) is 0 Å². The molecule has 0 radical (unpaired) electrons. The van der Waals surface area contributed by atoms with Crippen molar-refractivity contribution < 1.29 is 14.7 Å². The van der Waals surface area contributed by atoms with E-state index in [1.54, 1.807) is 0 Å². The Morgan fingerprint density at radius 2 is 1.78 bits per heavy atom. The standard InChI is InChI=1S/C18H34N2O3/c1-3-5-6-7-11-19-18(23)15(10-4-2)16(14-17(21)22)20-12-8-9-13-20/h15-16H,3-14H2,1-2H3,(H,19,23)(H,21,22). The molecular formula is C18H34N2O3. The largest absolute Gasteiger partial charge is 0.481 e. The first-order valence-corrected chi connectivity index (χ1v) is 9.33. The summed E-state index contributed by atoms with van der Waals surface area (Å²) in [6.45, 7) is 6.77. The molecule has 1 heterocycles. The van der Waals surface area contributed by atoms with E-state index in [4.69, 9.17) is 0 Å². The number of aliphatic carboxylic acids is 1. The number of carboxylic acid groups (broad SMARTS) is 1. The van der Waals surface area contributed by atoms with E-state index in [1.807, 2.05) is 0 Å². The number of hydrogen-bond donors (Lipinski definition) is 2. The second kappa shape index (κ2) is 11.4. The van der Waals surface area contributed by atoms with Gasteiger partial charge in [-0.2, -0.15) is 0 Å². The monoisotopic (exact) mass is 326 g/mol. The average Bonchev–Trinajstić information content (AvgIpc) is 3.04. The molecule has 0 aliphatic carbocycles. The molecule has 2 atom stereocenters. The Morgan fingerprint density at radius 3 is 2.35 bits per heavy atom. The molecule has 5 heteroatoms. The van der Waals surface area contributed by atoms with Crippen LogP contribution in [0.4, 0.5) is 0 Å². The zero-order valence-electron chi connectivity index (χ0n) is 14.9. The molecule has 0 aromatic rings. The molecule has 1 saturated heterocycles. The van der Waals surface area contributed by atoms with Crippen LogP contribution in [0.25, 0.3) is 0 Å². The van der Waals surface area contributed by atoms with E-state index < -0.39 is 5.97 Å². The van der Waals surface area contributed by atoms with E-state index in [2.05, 4.69) is 24.1 Å². The van der Waals surface area contributed by atoms with E-state index in [1.165, 1.54) is 12.8 Å². The molecule has 23 heavy (non-hydrogen) atoms. The third-order valence-corrected chi connectivity index (χ3v) is 4.72. The smallest absolute Gasteiger partial charge is 0.304 e. The number of amides is 1. The molecule has 0 bridgehead atoms. The number of carboxylic acids is 1. The molecule has 1 fully saturated rings. The van der Waals surface area contributed by atoms with E-state index >= 15 is 0 Å². The number of likely N-dealkylation sites (tertiary alicyclic amines) is 1. The summed E-state index contributed by atoms with van der Waals surface area (Å²) in [5, 5.41) is 12.3. The molecule has 0 aromatic heterocycles. The molecule has 134 valence electrons. The molecular weight excluding hydrogens is 292 g/mol. The predicted octanol–water partition coefficient (Wildman–Crippen LogP) is 3.04. The number of carbonyl (C=O) groups is 2. The first kappa shape index (κ1) is 19.9.